The summed E-state index contributed by atoms with van der Waals surface area (Å²) in [7, 11) is -2.19. The predicted octanol–water partition coefficient (Wildman–Crippen LogP) is 1.60. The molecule has 0 spiro atoms. The molecule has 1 aliphatic carbocycles. The first-order chi connectivity index (χ1) is 11.0. The number of anilines is 1. The third-order valence-corrected chi connectivity index (χ3v) is 6.41. The Balaban J connectivity index is 1.71. The van der Waals surface area contributed by atoms with Crippen LogP contribution in [0.4, 0.5) is 5.69 Å². The summed E-state index contributed by atoms with van der Waals surface area (Å²) in [5, 5.41) is 4.36. The van der Waals surface area contributed by atoms with E-state index >= 15 is 0 Å². The number of carbonyl (C=O) groups excluding carboxylic acids is 1. The van der Waals surface area contributed by atoms with Crippen molar-refractivity contribution in [3.05, 3.63) is 35.8 Å². The molecule has 0 radical (unpaired) electrons. The molecule has 23 heavy (non-hydrogen) atoms. The van der Waals surface area contributed by atoms with E-state index in [0.717, 1.165) is 11.3 Å². The van der Waals surface area contributed by atoms with E-state index in [1.807, 2.05) is 0 Å². The minimum absolute atomic E-state index is 0.197. The molecule has 2 aromatic heterocycles. The molecule has 2 N–H and O–H groups in total. The second-order valence-corrected chi connectivity index (χ2v) is 8.02. The SMILES string of the molecule is COc1ccc(NC(=O)C2(NS(=O)(=O)c3cccs3)CC2)cn1. The van der Waals surface area contributed by atoms with E-state index in [2.05, 4.69) is 15.0 Å². The lowest BCUT2D eigenvalue weighted by molar-refractivity contribution is -0.118. The maximum Gasteiger partial charge on any atom is 0.251 e. The highest BCUT2D eigenvalue weighted by Crippen LogP contribution is 2.38. The number of thiophene rings is 1. The molecule has 0 saturated heterocycles. The Morgan fingerprint density at radius 3 is 2.65 bits per heavy atom. The summed E-state index contributed by atoms with van der Waals surface area (Å²) in [5.74, 6) is 0.0483. The predicted molar refractivity (Wildman–Crippen MR) is 86.0 cm³/mol. The average Bonchev–Trinajstić information content (AvgIpc) is 3.09. The quantitative estimate of drug-likeness (QED) is 0.822. The van der Waals surface area contributed by atoms with Crippen LogP contribution in [-0.2, 0) is 14.8 Å². The van der Waals surface area contributed by atoms with Crippen molar-refractivity contribution in [2.24, 2.45) is 0 Å². The van der Waals surface area contributed by atoms with Crippen molar-refractivity contribution in [3.63, 3.8) is 0 Å². The van der Waals surface area contributed by atoms with Gasteiger partial charge in [-0.05, 0) is 30.4 Å². The van der Waals surface area contributed by atoms with Crippen LogP contribution in [0.5, 0.6) is 5.88 Å². The number of hydrogen-bond donors (Lipinski definition) is 2. The molecule has 0 aromatic carbocycles. The van der Waals surface area contributed by atoms with Gasteiger partial charge in [0.2, 0.25) is 11.8 Å². The minimum Gasteiger partial charge on any atom is -0.481 e. The third-order valence-electron chi connectivity index (χ3n) is 3.48. The van der Waals surface area contributed by atoms with Crippen LogP contribution in [0, 0.1) is 0 Å². The number of carbonyl (C=O) groups is 1. The van der Waals surface area contributed by atoms with E-state index < -0.39 is 15.6 Å². The van der Waals surface area contributed by atoms with Gasteiger partial charge in [-0.15, -0.1) is 11.3 Å². The van der Waals surface area contributed by atoms with Crippen LogP contribution in [0.15, 0.2) is 40.1 Å². The molecular weight excluding hydrogens is 338 g/mol. The van der Waals surface area contributed by atoms with Gasteiger partial charge in [0.1, 0.15) is 9.75 Å². The largest absolute Gasteiger partial charge is 0.481 e. The van der Waals surface area contributed by atoms with Gasteiger partial charge in [0.15, 0.2) is 0 Å². The highest BCUT2D eigenvalue weighted by Gasteiger charge is 2.53. The van der Waals surface area contributed by atoms with Gasteiger partial charge in [0.25, 0.3) is 10.0 Å². The first-order valence-corrected chi connectivity index (χ1v) is 9.20. The zero-order valence-corrected chi connectivity index (χ0v) is 13.9. The summed E-state index contributed by atoms with van der Waals surface area (Å²) >= 11 is 1.11. The van der Waals surface area contributed by atoms with Crippen LogP contribution in [0.25, 0.3) is 0 Å². The first kappa shape index (κ1) is 15.9. The van der Waals surface area contributed by atoms with Gasteiger partial charge in [-0.1, -0.05) is 6.07 Å². The van der Waals surface area contributed by atoms with E-state index in [0.29, 0.717) is 24.4 Å². The fourth-order valence-corrected chi connectivity index (χ4v) is 4.47. The van der Waals surface area contributed by atoms with Gasteiger partial charge in [0, 0.05) is 6.07 Å². The molecule has 1 saturated carbocycles. The number of ether oxygens (including phenoxy) is 1. The summed E-state index contributed by atoms with van der Waals surface area (Å²) in [6, 6.07) is 6.43. The van der Waals surface area contributed by atoms with Crippen LogP contribution >= 0.6 is 11.3 Å². The summed E-state index contributed by atoms with van der Waals surface area (Å²) in [6.07, 6.45) is 2.39. The fraction of sp³-hybridized carbons (Fsp3) is 0.286. The number of hydrogen-bond acceptors (Lipinski definition) is 6. The lowest BCUT2D eigenvalue weighted by atomic mass is 10.2. The van der Waals surface area contributed by atoms with Crippen molar-refractivity contribution in [3.8, 4) is 5.88 Å². The zero-order chi connectivity index (χ0) is 16.5. The van der Waals surface area contributed by atoms with E-state index in [4.69, 9.17) is 4.74 Å². The molecule has 1 aliphatic rings. The lowest BCUT2D eigenvalue weighted by Gasteiger charge is -2.16. The van der Waals surface area contributed by atoms with E-state index in [9.17, 15) is 13.2 Å². The molecule has 2 heterocycles. The van der Waals surface area contributed by atoms with Crippen LogP contribution in [0.1, 0.15) is 12.8 Å². The Hall–Kier alpha value is -1.97. The van der Waals surface area contributed by atoms with Crippen LogP contribution in [-0.4, -0.2) is 32.0 Å². The molecule has 9 heteroatoms. The highest BCUT2D eigenvalue weighted by molar-refractivity contribution is 7.91. The Kier molecular flexibility index (Phi) is 4.09. The number of amides is 1. The van der Waals surface area contributed by atoms with Gasteiger partial charge < -0.3 is 10.1 Å². The fourth-order valence-electron chi connectivity index (χ4n) is 2.05. The van der Waals surface area contributed by atoms with E-state index in [1.165, 1.54) is 19.4 Å². The number of aromatic nitrogens is 1. The van der Waals surface area contributed by atoms with Crippen molar-refractivity contribution >= 4 is 33.0 Å². The molecule has 0 aliphatic heterocycles. The van der Waals surface area contributed by atoms with Crippen LogP contribution in [0.2, 0.25) is 0 Å². The minimum atomic E-state index is -3.69. The molecule has 122 valence electrons. The smallest absolute Gasteiger partial charge is 0.251 e. The Morgan fingerprint density at radius 2 is 2.13 bits per heavy atom. The molecule has 1 fully saturated rings. The zero-order valence-electron chi connectivity index (χ0n) is 12.3. The topological polar surface area (TPSA) is 97.4 Å². The van der Waals surface area contributed by atoms with Gasteiger partial charge in [-0.3, -0.25) is 4.79 Å². The van der Waals surface area contributed by atoms with Crippen molar-refractivity contribution in [1.82, 2.24) is 9.71 Å². The third kappa shape index (κ3) is 3.36. The van der Waals surface area contributed by atoms with Gasteiger partial charge in [0.05, 0.1) is 19.0 Å². The number of nitrogens with one attached hydrogen (secondary N) is 2. The second kappa shape index (κ2) is 5.91. The molecular formula is C14H15N3O4S2. The number of sulfonamides is 1. The molecule has 0 unspecified atom stereocenters. The summed E-state index contributed by atoms with van der Waals surface area (Å²) < 4.78 is 32.2. The number of nitrogens with zero attached hydrogens (tertiary/aromatic N) is 1. The Bertz CT molecular complexity index is 797. The van der Waals surface area contributed by atoms with Crippen LogP contribution in [0.3, 0.4) is 0 Å². The average molecular weight is 353 g/mol. The van der Waals surface area contributed by atoms with Crippen molar-refractivity contribution in [2.45, 2.75) is 22.6 Å². The molecule has 0 atom stereocenters. The summed E-state index contributed by atoms with van der Waals surface area (Å²) in [4.78, 5) is 16.4. The number of rotatable bonds is 6. The molecule has 2 aromatic rings. The molecule has 1 amide bonds. The molecule has 3 rings (SSSR count). The van der Waals surface area contributed by atoms with E-state index in [-0.39, 0.29) is 10.1 Å². The lowest BCUT2D eigenvalue weighted by Crippen LogP contribution is -2.45. The monoisotopic (exact) mass is 353 g/mol. The second-order valence-electron chi connectivity index (χ2n) is 5.16. The normalized spacial score (nSPS) is 15.9. The first-order valence-electron chi connectivity index (χ1n) is 6.84. The van der Waals surface area contributed by atoms with Crippen molar-refractivity contribution < 1.29 is 17.9 Å². The maximum atomic E-state index is 12.4. The summed E-state index contributed by atoms with van der Waals surface area (Å²) in [5.41, 5.74) is -0.597. The highest BCUT2D eigenvalue weighted by atomic mass is 32.2. The van der Waals surface area contributed by atoms with E-state index in [1.54, 1.807) is 23.6 Å². The number of methoxy groups -OCH3 is 1. The number of pyridine rings is 1. The van der Waals surface area contributed by atoms with Crippen molar-refractivity contribution in [1.29, 1.82) is 0 Å². The standard InChI is InChI=1S/C14H15N3O4S2/c1-21-11-5-4-10(9-15-11)16-13(18)14(6-7-14)17-23(19,20)12-3-2-8-22-12/h2-5,8-9,17H,6-7H2,1H3,(H,16,18). The maximum absolute atomic E-state index is 12.4. The Morgan fingerprint density at radius 1 is 1.35 bits per heavy atom. The van der Waals surface area contributed by atoms with Gasteiger partial charge in [-0.25, -0.2) is 13.4 Å². The van der Waals surface area contributed by atoms with Gasteiger partial charge in [-0.2, -0.15) is 4.72 Å². The summed E-state index contributed by atoms with van der Waals surface area (Å²) in [6.45, 7) is 0. The molecule has 0 bridgehead atoms. The molecule has 7 nitrogen and oxygen atoms in total. The van der Waals surface area contributed by atoms with Crippen molar-refractivity contribution in [2.75, 3.05) is 12.4 Å². The van der Waals surface area contributed by atoms with Crippen LogP contribution < -0.4 is 14.8 Å². The van der Waals surface area contributed by atoms with Gasteiger partial charge >= 0.3 is 0 Å². The Labute approximate surface area is 137 Å².